The van der Waals surface area contributed by atoms with Gasteiger partial charge in [-0.3, -0.25) is 4.79 Å². The normalized spacial score (nSPS) is 18.7. The molecule has 1 saturated heterocycles. The summed E-state index contributed by atoms with van der Waals surface area (Å²) in [6.07, 6.45) is 5.36. The van der Waals surface area contributed by atoms with Crippen molar-refractivity contribution in [3.63, 3.8) is 0 Å². The lowest BCUT2D eigenvalue weighted by atomic mass is 10.1. The highest BCUT2D eigenvalue weighted by atomic mass is 32.1. The van der Waals surface area contributed by atoms with Gasteiger partial charge in [0.15, 0.2) is 0 Å². The molecule has 0 aromatic heterocycles. The maximum absolute atomic E-state index is 11.7. The van der Waals surface area contributed by atoms with E-state index in [1.54, 1.807) is 0 Å². The van der Waals surface area contributed by atoms with Gasteiger partial charge < -0.3 is 9.64 Å². The Hall–Kier alpha value is -0.220. The molecule has 0 N–H and O–H groups in total. The number of amides is 1. The van der Waals surface area contributed by atoms with Crippen molar-refractivity contribution in [2.24, 2.45) is 0 Å². The number of nitrogens with zero attached hydrogens (tertiary/aromatic N) is 1. The first kappa shape index (κ1) is 12.8. The van der Waals surface area contributed by atoms with E-state index in [4.69, 9.17) is 4.74 Å². The lowest BCUT2D eigenvalue weighted by Gasteiger charge is -2.24. The van der Waals surface area contributed by atoms with Crippen LogP contribution in [0.1, 0.15) is 32.1 Å². The monoisotopic (exact) mass is 231 g/mol. The van der Waals surface area contributed by atoms with Crippen LogP contribution in [0.4, 0.5) is 0 Å². The molecule has 88 valence electrons. The van der Waals surface area contributed by atoms with Gasteiger partial charge >= 0.3 is 0 Å². The molecule has 3 nitrogen and oxygen atoms in total. The smallest absolute Gasteiger partial charge is 0.222 e. The van der Waals surface area contributed by atoms with Crippen LogP contribution in [0.25, 0.3) is 0 Å². The summed E-state index contributed by atoms with van der Waals surface area (Å²) in [6.45, 7) is 2.97. The van der Waals surface area contributed by atoms with E-state index in [0.717, 1.165) is 31.7 Å². The van der Waals surface area contributed by atoms with E-state index >= 15 is 0 Å². The summed E-state index contributed by atoms with van der Waals surface area (Å²) >= 11 is 4.06. The molecule has 1 rings (SSSR count). The van der Waals surface area contributed by atoms with Crippen molar-refractivity contribution >= 4 is 18.5 Å². The zero-order valence-corrected chi connectivity index (χ0v) is 10.2. The molecule has 0 bridgehead atoms. The molecule has 15 heavy (non-hydrogen) atoms. The van der Waals surface area contributed by atoms with E-state index < -0.39 is 0 Å². The zero-order valence-electron chi connectivity index (χ0n) is 9.28. The third-order valence-corrected chi connectivity index (χ3v) is 2.85. The number of hydrogen-bond acceptors (Lipinski definition) is 3. The molecule has 1 amide bonds. The first-order valence-corrected chi connectivity index (χ1v) is 6.44. The molecule has 0 atom stereocenters. The molecule has 1 heterocycles. The predicted octanol–water partition coefficient (Wildman–Crippen LogP) is 1.73. The molecular formula is C11H21NO2S. The molecule has 0 unspecified atom stereocenters. The molecule has 1 fully saturated rings. The molecule has 0 aromatic rings. The second-order valence-corrected chi connectivity index (χ2v) is 4.33. The number of likely N-dealkylation sites (tertiary alicyclic amines) is 1. The van der Waals surface area contributed by atoms with Gasteiger partial charge in [-0.1, -0.05) is 12.8 Å². The van der Waals surface area contributed by atoms with E-state index in [0.29, 0.717) is 25.5 Å². The number of carbonyl (C=O) groups is 1. The Morgan fingerprint density at radius 1 is 1.20 bits per heavy atom. The van der Waals surface area contributed by atoms with Crippen LogP contribution in [0, 0.1) is 0 Å². The second-order valence-electron chi connectivity index (χ2n) is 3.88. The number of hydrogen-bond donors (Lipinski definition) is 1. The van der Waals surface area contributed by atoms with E-state index in [1.165, 1.54) is 12.8 Å². The maximum Gasteiger partial charge on any atom is 0.222 e. The quantitative estimate of drug-likeness (QED) is 0.577. The SMILES string of the molecule is O=C1CCCCCCN1CCOCCS. The molecule has 1 aliphatic heterocycles. The minimum absolute atomic E-state index is 0.296. The van der Waals surface area contributed by atoms with Gasteiger partial charge in [0.1, 0.15) is 0 Å². The van der Waals surface area contributed by atoms with Crippen molar-refractivity contribution in [2.75, 3.05) is 32.1 Å². The van der Waals surface area contributed by atoms with Crippen molar-refractivity contribution in [3.8, 4) is 0 Å². The molecule has 0 aromatic carbocycles. The fraction of sp³-hybridized carbons (Fsp3) is 0.909. The maximum atomic E-state index is 11.7. The van der Waals surface area contributed by atoms with Crippen molar-refractivity contribution in [1.29, 1.82) is 0 Å². The number of rotatable bonds is 5. The first-order valence-electron chi connectivity index (χ1n) is 5.81. The Morgan fingerprint density at radius 3 is 2.80 bits per heavy atom. The zero-order chi connectivity index (χ0) is 10.9. The van der Waals surface area contributed by atoms with Crippen LogP contribution in [0.3, 0.4) is 0 Å². The molecule has 0 radical (unpaired) electrons. The van der Waals surface area contributed by atoms with Gasteiger partial charge in [0.2, 0.25) is 5.91 Å². The summed E-state index contributed by atoms with van der Waals surface area (Å²) in [5.74, 6) is 1.04. The van der Waals surface area contributed by atoms with Crippen molar-refractivity contribution in [3.05, 3.63) is 0 Å². The Labute approximate surface area is 97.6 Å². The van der Waals surface area contributed by atoms with Crippen molar-refractivity contribution < 1.29 is 9.53 Å². The van der Waals surface area contributed by atoms with E-state index in [-0.39, 0.29) is 0 Å². The van der Waals surface area contributed by atoms with Gasteiger partial charge in [-0.2, -0.15) is 12.6 Å². The van der Waals surface area contributed by atoms with Crippen molar-refractivity contribution in [1.82, 2.24) is 4.90 Å². The van der Waals surface area contributed by atoms with Crippen LogP contribution in [0.2, 0.25) is 0 Å². The van der Waals surface area contributed by atoms with Crippen molar-refractivity contribution in [2.45, 2.75) is 32.1 Å². The summed E-state index contributed by atoms with van der Waals surface area (Å²) in [7, 11) is 0. The van der Waals surface area contributed by atoms with Gasteiger partial charge in [-0.05, 0) is 12.8 Å². The summed E-state index contributed by atoms with van der Waals surface area (Å²) in [4.78, 5) is 13.6. The second kappa shape index (κ2) is 7.99. The van der Waals surface area contributed by atoms with Gasteiger partial charge in [0.05, 0.1) is 13.2 Å². The Bertz CT molecular complexity index is 187. The van der Waals surface area contributed by atoms with Crippen LogP contribution >= 0.6 is 12.6 Å². The number of thiol groups is 1. The largest absolute Gasteiger partial charge is 0.379 e. The van der Waals surface area contributed by atoms with Crippen LogP contribution in [0.5, 0.6) is 0 Å². The van der Waals surface area contributed by atoms with Gasteiger partial charge in [0, 0.05) is 25.3 Å². The van der Waals surface area contributed by atoms with Gasteiger partial charge in [-0.25, -0.2) is 0 Å². The molecule has 0 spiro atoms. The Morgan fingerprint density at radius 2 is 2.00 bits per heavy atom. The summed E-state index contributed by atoms with van der Waals surface area (Å²) in [6, 6.07) is 0. The highest BCUT2D eigenvalue weighted by Gasteiger charge is 2.14. The Kier molecular flexibility index (Phi) is 6.85. The molecular weight excluding hydrogens is 210 g/mol. The summed E-state index contributed by atoms with van der Waals surface area (Å²) in [5.41, 5.74) is 0. The molecule has 0 saturated carbocycles. The predicted molar refractivity (Wildman–Crippen MR) is 64.3 cm³/mol. The van der Waals surface area contributed by atoms with Crippen LogP contribution in [-0.2, 0) is 9.53 Å². The number of carbonyl (C=O) groups excluding carboxylic acids is 1. The van der Waals surface area contributed by atoms with E-state index in [1.807, 2.05) is 4.90 Å². The molecule has 4 heteroatoms. The minimum Gasteiger partial charge on any atom is -0.379 e. The third-order valence-electron chi connectivity index (χ3n) is 2.66. The lowest BCUT2D eigenvalue weighted by Crippen LogP contribution is -2.35. The summed E-state index contributed by atoms with van der Waals surface area (Å²) in [5, 5.41) is 0. The average molecular weight is 231 g/mol. The molecule has 1 aliphatic rings. The minimum atomic E-state index is 0.296. The first-order chi connectivity index (χ1) is 7.34. The molecule has 0 aliphatic carbocycles. The third kappa shape index (κ3) is 5.42. The standard InChI is InChI=1S/C11H21NO2S/c13-11-5-3-1-2-4-6-12(11)7-8-14-9-10-15/h15H,1-10H2. The fourth-order valence-electron chi connectivity index (χ4n) is 1.79. The highest BCUT2D eigenvalue weighted by molar-refractivity contribution is 7.80. The van der Waals surface area contributed by atoms with Crippen LogP contribution < -0.4 is 0 Å². The average Bonchev–Trinajstić information content (AvgIpc) is 2.22. The topological polar surface area (TPSA) is 29.5 Å². The fourth-order valence-corrected chi connectivity index (χ4v) is 1.92. The number of ether oxygens (including phenoxy) is 1. The van der Waals surface area contributed by atoms with E-state index in [2.05, 4.69) is 12.6 Å². The highest BCUT2D eigenvalue weighted by Crippen LogP contribution is 2.11. The summed E-state index contributed by atoms with van der Waals surface area (Å²) < 4.78 is 5.34. The lowest BCUT2D eigenvalue weighted by molar-refractivity contribution is -0.132. The van der Waals surface area contributed by atoms with Crippen LogP contribution in [-0.4, -0.2) is 42.9 Å². The van der Waals surface area contributed by atoms with Gasteiger partial charge in [-0.15, -0.1) is 0 Å². The Balaban J connectivity index is 2.20. The van der Waals surface area contributed by atoms with E-state index in [9.17, 15) is 4.79 Å². The van der Waals surface area contributed by atoms with Gasteiger partial charge in [0.25, 0.3) is 0 Å². The van der Waals surface area contributed by atoms with Crippen LogP contribution in [0.15, 0.2) is 0 Å².